The molecule has 0 saturated heterocycles. The van der Waals surface area contributed by atoms with Crippen LogP contribution in [0, 0.1) is 0 Å². The molecular weight excluding hydrogens is 410 g/mol. The Labute approximate surface area is 166 Å². The number of carbonyl (C=O) groups excluding carboxylic acids is 1. The summed E-state index contributed by atoms with van der Waals surface area (Å²) >= 11 is 3.40. The summed E-state index contributed by atoms with van der Waals surface area (Å²) in [5.74, 6) is 1.17. The fourth-order valence-electron chi connectivity index (χ4n) is 2.66. The van der Waals surface area contributed by atoms with E-state index in [1.807, 2.05) is 42.5 Å². The normalized spacial score (nSPS) is 10.5. The van der Waals surface area contributed by atoms with Crippen molar-refractivity contribution >= 4 is 21.8 Å². The largest absolute Gasteiger partial charge is 0.493 e. The van der Waals surface area contributed by atoms with E-state index in [0.717, 1.165) is 21.3 Å². The van der Waals surface area contributed by atoms with Gasteiger partial charge in [-0.25, -0.2) is 0 Å². The first-order valence-corrected chi connectivity index (χ1v) is 9.20. The van der Waals surface area contributed by atoms with E-state index in [4.69, 9.17) is 9.47 Å². The number of methoxy groups -OCH3 is 2. The van der Waals surface area contributed by atoms with Crippen LogP contribution >= 0.6 is 15.9 Å². The smallest absolute Gasteiger partial charge is 0.269 e. The van der Waals surface area contributed by atoms with Gasteiger partial charge in [-0.1, -0.05) is 34.1 Å². The topological polar surface area (TPSA) is 76.2 Å². The molecule has 1 heterocycles. The Hall–Kier alpha value is -2.80. The van der Waals surface area contributed by atoms with Gasteiger partial charge in [-0.2, -0.15) is 5.10 Å². The summed E-state index contributed by atoms with van der Waals surface area (Å²) in [7, 11) is 3.20. The first-order valence-electron chi connectivity index (χ1n) is 8.41. The maximum atomic E-state index is 12.3. The van der Waals surface area contributed by atoms with E-state index in [-0.39, 0.29) is 5.91 Å². The molecule has 0 fully saturated rings. The van der Waals surface area contributed by atoms with Crippen LogP contribution in [0.1, 0.15) is 16.1 Å². The number of H-pyrrole nitrogens is 1. The third-order valence-electron chi connectivity index (χ3n) is 4.11. The minimum Gasteiger partial charge on any atom is -0.493 e. The number of amides is 1. The molecule has 0 radical (unpaired) electrons. The highest BCUT2D eigenvalue weighted by atomic mass is 79.9. The van der Waals surface area contributed by atoms with E-state index in [2.05, 4.69) is 31.4 Å². The fraction of sp³-hybridized carbons (Fsp3) is 0.200. The van der Waals surface area contributed by atoms with E-state index < -0.39 is 0 Å². The molecule has 0 aliphatic rings. The van der Waals surface area contributed by atoms with Crippen LogP contribution < -0.4 is 14.8 Å². The highest BCUT2D eigenvalue weighted by molar-refractivity contribution is 9.10. The van der Waals surface area contributed by atoms with Crippen LogP contribution in [0.5, 0.6) is 11.5 Å². The Morgan fingerprint density at radius 3 is 2.52 bits per heavy atom. The van der Waals surface area contributed by atoms with Crippen molar-refractivity contribution in [2.75, 3.05) is 20.8 Å². The molecule has 0 saturated carbocycles. The van der Waals surface area contributed by atoms with Crippen LogP contribution in [-0.4, -0.2) is 36.9 Å². The predicted octanol–water partition coefficient (Wildman–Crippen LogP) is 3.83. The summed E-state index contributed by atoms with van der Waals surface area (Å²) in [6.45, 7) is 0.501. The third kappa shape index (κ3) is 4.68. The average molecular weight is 430 g/mol. The number of ether oxygens (including phenoxy) is 2. The van der Waals surface area contributed by atoms with Crippen LogP contribution in [-0.2, 0) is 6.42 Å². The molecule has 3 aromatic rings. The van der Waals surface area contributed by atoms with Crippen molar-refractivity contribution in [3.63, 3.8) is 0 Å². The second-order valence-electron chi connectivity index (χ2n) is 5.87. The first kappa shape index (κ1) is 19.0. The van der Waals surface area contributed by atoms with E-state index in [0.29, 0.717) is 30.2 Å². The SMILES string of the molecule is COc1ccc(CCNC(=O)c2cc(-c3ccc(Br)cc3)n[nH]2)cc1OC. The van der Waals surface area contributed by atoms with Crippen LogP contribution in [0.2, 0.25) is 0 Å². The number of hydrogen-bond donors (Lipinski definition) is 2. The standard InChI is InChI=1S/C20H20BrN3O3/c1-26-18-8-3-13(11-19(18)27-2)9-10-22-20(25)17-12-16(23-24-17)14-4-6-15(21)7-5-14/h3-8,11-12H,9-10H2,1-2H3,(H,22,25)(H,23,24). The third-order valence-corrected chi connectivity index (χ3v) is 4.64. The minimum absolute atomic E-state index is 0.189. The van der Waals surface area contributed by atoms with Crippen LogP contribution in [0.3, 0.4) is 0 Å². The molecule has 0 aliphatic heterocycles. The second-order valence-corrected chi connectivity index (χ2v) is 6.78. The molecule has 0 unspecified atom stereocenters. The van der Waals surface area contributed by atoms with Crippen molar-refractivity contribution in [3.8, 4) is 22.8 Å². The molecule has 7 heteroatoms. The van der Waals surface area contributed by atoms with Gasteiger partial charge in [0.1, 0.15) is 5.69 Å². The molecule has 140 valence electrons. The monoisotopic (exact) mass is 429 g/mol. The van der Waals surface area contributed by atoms with Crippen molar-refractivity contribution in [2.45, 2.75) is 6.42 Å². The van der Waals surface area contributed by atoms with Gasteiger partial charge in [-0.05, 0) is 42.3 Å². The number of carbonyl (C=O) groups is 1. The highest BCUT2D eigenvalue weighted by Gasteiger charge is 2.11. The molecule has 2 N–H and O–H groups in total. The van der Waals surface area contributed by atoms with Gasteiger partial charge in [0.2, 0.25) is 0 Å². The lowest BCUT2D eigenvalue weighted by Crippen LogP contribution is -2.26. The van der Waals surface area contributed by atoms with Gasteiger partial charge in [0.25, 0.3) is 5.91 Å². The zero-order valence-corrected chi connectivity index (χ0v) is 16.7. The minimum atomic E-state index is -0.189. The molecule has 1 amide bonds. The molecule has 0 aliphatic carbocycles. The lowest BCUT2D eigenvalue weighted by Gasteiger charge is -2.09. The van der Waals surface area contributed by atoms with Crippen LogP contribution in [0.15, 0.2) is 53.0 Å². The Bertz CT molecular complexity index is 922. The summed E-state index contributed by atoms with van der Waals surface area (Å²) in [5.41, 5.74) is 3.15. The highest BCUT2D eigenvalue weighted by Crippen LogP contribution is 2.27. The van der Waals surface area contributed by atoms with Gasteiger partial charge in [0, 0.05) is 16.6 Å². The summed E-state index contributed by atoms with van der Waals surface area (Å²) in [6, 6.07) is 15.2. The molecule has 0 bridgehead atoms. The number of hydrogen-bond acceptors (Lipinski definition) is 4. The van der Waals surface area contributed by atoms with Gasteiger partial charge in [0.05, 0.1) is 19.9 Å². The summed E-state index contributed by atoms with van der Waals surface area (Å²) in [4.78, 5) is 12.3. The number of nitrogens with zero attached hydrogens (tertiary/aromatic N) is 1. The fourth-order valence-corrected chi connectivity index (χ4v) is 2.92. The first-order chi connectivity index (χ1) is 13.1. The average Bonchev–Trinajstić information content (AvgIpc) is 3.18. The van der Waals surface area contributed by atoms with Crippen molar-refractivity contribution in [1.29, 1.82) is 0 Å². The summed E-state index contributed by atoms with van der Waals surface area (Å²) < 4.78 is 11.5. The quantitative estimate of drug-likeness (QED) is 0.598. The molecule has 6 nitrogen and oxygen atoms in total. The van der Waals surface area contributed by atoms with Gasteiger partial charge in [-0.3, -0.25) is 9.89 Å². The zero-order chi connectivity index (χ0) is 19.2. The van der Waals surface area contributed by atoms with Gasteiger partial charge < -0.3 is 14.8 Å². The molecular formula is C20H20BrN3O3. The van der Waals surface area contributed by atoms with Crippen molar-refractivity contribution < 1.29 is 14.3 Å². The molecule has 3 rings (SSSR count). The number of nitrogens with one attached hydrogen (secondary N) is 2. The second kappa shape index (κ2) is 8.73. The zero-order valence-electron chi connectivity index (χ0n) is 15.1. The Morgan fingerprint density at radius 2 is 1.81 bits per heavy atom. The van der Waals surface area contributed by atoms with Crippen molar-refractivity contribution in [3.05, 3.63) is 64.3 Å². The number of rotatable bonds is 7. The summed E-state index contributed by atoms with van der Waals surface area (Å²) in [6.07, 6.45) is 0.680. The number of aromatic amines is 1. The van der Waals surface area contributed by atoms with Gasteiger partial charge in [0.15, 0.2) is 11.5 Å². The van der Waals surface area contributed by atoms with Crippen LogP contribution in [0.4, 0.5) is 0 Å². The number of benzene rings is 2. The van der Waals surface area contributed by atoms with E-state index in [1.54, 1.807) is 20.3 Å². The Morgan fingerprint density at radius 1 is 1.07 bits per heavy atom. The Kier molecular flexibility index (Phi) is 6.13. The lowest BCUT2D eigenvalue weighted by atomic mass is 10.1. The lowest BCUT2D eigenvalue weighted by molar-refractivity contribution is 0.0949. The van der Waals surface area contributed by atoms with E-state index in [1.165, 1.54) is 0 Å². The number of halogens is 1. The van der Waals surface area contributed by atoms with E-state index in [9.17, 15) is 4.79 Å². The van der Waals surface area contributed by atoms with Gasteiger partial charge in [-0.15, -0.1) is 0 Å². The molecule has 0 spiro atoms. The predicted molar refractivity (Wildman–Crippen MR) is 107 cm³/mol. The Balaban J connectivity index is 1.58. The number of aromatic nitrogens is 2. The summed E-state index contributed by atoms with van der Waals surface area (Å²) in [5, 5.41) is 9.90. The maximum Gasteiger partial charge on any atom is 0.269 e. The van der Waals surface area contributed by atoms with Crippen LogP contribution in [0.25, 0.3) is 11.3 Å². The maximum absolute atomic E-state index is 12.3. The van der Waals surface area contributed by atoms with Crippen molar-refractivity contribution in [2.24, 2.45) is 0 Å². The molecule has 27 heavy (non-hydrogen) atoms. The van der Waals surface area contributed by atoms with Gasteiger partial charge >= 0.3 is 0 Å². The molecule has 0 atom stereocenters. The van der Waals surface area contributed by atoms with Crippen molar-refractivity contribution in [1.82, 2.24) is 15.5 Å². The van der Waals surface area contributed by atoms with E-state index >= 15 is 0 Å². The molecule has 1 aromatic heterocycles. The molecule has 2 aromatic carbocycles.